The maximum atomic E-state index is 11.7. The molecular formula is C11H13BrINOS. The van der Waals surface area contributed by atoms with Crippen LogP contribution >= 0.6 is 38.5 Å². The highest BCUT2D eigenvalue weighted by atomic mass is 127. The lowest BCUT2D eigenvalue weighted by Crippen LogP contribution is -2.19. The molecule has 0 spiro atoms. The molecule has 88 valence electrons. The molecule has 0 heterocycles. The second-order valence-corrected chi connectivity index (χ2v) is 8.27. The van der Waals surface area contributed by atoms with E-state index in [2.05, 4.69) is 42.9 Å². The van der Waals surface area contributed by atoms with Gasteiger partial charge in [-0.15, -0.1) is 0 Å². The Kier molecular flexibility index (Phi) is 5.12. The van der Waals surface area contributed by atoms with Crippen LogP contribution in [0.5, 0.6) is 0 Å². The number of nitrogens with zero attached hydrogens (tertiary/aromatic N) is 1. The van der Waals surface area contributed by atoms with E-state index < -0.39 is 11.0 Å². The molecule has 5 heteroatoms. The van der Waals surface area contributed by atoms with Gasteiger partial charge >= 0.3 is 0 Å². The summed E-state index contributed by atoms with van der Waals surface area (Å²) in [5.41, 5.74) is 0.979. The van der Waals surface area contributed by atoms with Crippen molar-refractivity contribution >= 4 is 55.7 Å². The second-order valence-electron chi connectivity index (χ2n) is 4.26. The minimum Gasteiger partial charge on any atom is -0.234 e. The molecule has 0 aromatic heterocycles. The highest BCUT2D eigenvalue weighted by Crippen LogP contribution is 2.18. The summed E-state index contributed by atoms with van der Waals surface area (Å²) in [4.78, 5) is 0. The van der Waals surface area contributed by atoms with Gasteiger partial charge in [0.1, 0.15) is 11.0 Å². The molecule has 0 amide bonds. The normalized spacial score (nSPS) is 14.3. The van der Waals surface area contributed by atoms with Gasteiger partial charge < -0.3 is 0 Å². The molecule has 0 radical (unpaired) electrons. The zero-order chi connectivity index (χ0) is 12.3. The second kappa shape index (κ2) is 5.73. The first-order valence-corrected chi connectivity index (χ1v) is 7.69. The molecule has 16 heavy (non-hydrogen) atoms. The molecule has 0 aliphatic carbocycles. The molecule has 0 unspecified atom stereocenters. The molecule has 1 rings (SSSR count). The average molecular weight is 414 g/mol. The van der Waals surface area contributed by atoms with Crippen LogP contribution in [0.2, 0.25) is 0 Å². The first-order valence-electron chi connectivity index (χ1n) is 4.72. The summed E-state index contributed by atoms with van der Waals surface area (Å²) in [6.45, 7) is 5.73. The number of halogens is 2. The van der Waals surface area contributed by atoms with Crippen LogP contribution in [-0.2, 0) is 11.0 Å². The summed E-state index contributed by atoms with van der Waals surface area (Å²) in [6.07, 6.45) is 1.67. The SMILES string of the molecule is CC(C)(C)[S@](=O)/N=C/c1cc(Br)ccc1I. The Bertz CT molecular complexity index is 440. The Hall–Kier alpha value is 0.250. The van der Waals surface area contributed by atoms with Crippen molar-refractivity contribution in [1.29, 1.82) is 0 Å². The maximum Gasteiger partial charge on any atom is 0.144 e. The van der Waals surface area contributed by atoms with Gasteiger partial charge in [0.2, 0.25) is 0 Å². The Morgan fingerprint density at radius 2 is 2.06 bits per heavy atom. The fourth-order valence-electron chi connectivity index (χ4n) is 0.876. The van der Waals surface area contributed by atoms with Crippen LogP contribution in [0, 0.1) is 3.57 Å². The minimum atomic E-state index is -1.20. The summed E-state index contributed by atoms with van der Waals surface area (Å²) in [5.74, 6) is 0. The van der Waals surface area contributed by atoms with Crippen molar-refractivity contribution in [3.63, 3.8) is 0 Å². The molecule has 0 bridgehead atoms. The van der Waals surface area contributed by atoms with E-state index in [9.17, 15) is 4.21 Å². The number of hydrogen-bond donors (Lipinski definition) is 0. The molecule has 1 atom stereocenters. The molecule has 0 aliphatic heterocycles. The van der Waals surface area contributed by atoms with Gasteiger partial charge in [-0.1, -0.05) is 15.9 Å². The van der Waals surface area contributed by atoms with Gasteiger partial charge in [0.15, 0.2) is 0 Å². The zero-order valence-electron chi connectivity index (χ0n) is 9.33. The lowest BCUT2D eigenvalue weighted by molar-refractivity contribution is 0.651. The lowest BCUT2D eigenvalue weighted by atomic mass is 10.2. The van der Waals surface area contributed by atoms with Gasteiger partial charge in [-0.2, -0.15) is 4.40 Å². The molecule has 1 aromatic carbocycles. The van der Waals surface area contributed by atoms with Crippen LogP contribution in [0.4, 0.5) is 0 Å². The molecule has 1 aromatic rings. The van der Waals surface area contributed by atoms with Crippen LogP contribution < -0.4 is 0 Å². The Morgan fingerprint density at radius 3 is 2.62 bits per heavy atom. The highest BCUT2D eigenvalue weighted by Gasteiger charge is 2.18. The van der Waals surface area contributed by atoms with Crippen LogP contribution in [0.15, 0.2) is 27.1 Å². The Balaban J connectivity index is 2.93. The van der Waals surface area contributed by atoms with Crippen molar-refractivity contribution in [2.75, 3.05) is 0 Å². The molecular weight excluding hydrogens is 401 g/mol. The molecule has 2 nitrogen and oxygen atoms in total. The van der Waals surface area contributed by atoms with E-state index in [0.29, 0.717) is 0 Å². The number of benzene rings is 1. The number of rotatable bonds is 2. The molecule has 0 N–H and O–H groups in total. The third-order valence-corrected chi connectivity index (χ3v) is 4.59. The van der Waals surface area contributed by atoms with Crippen molar-refractivity contribution in [2.24, 2.45) is 4.40 Å². The minimum absolute atomic E-state index is 0.312. The standard InChI is InChI=1S/C11H13BrINOS/c1-11(2,3)16(15)14-7-8-6-9(12)4-5-10(8)13/h4-7H,1-3H3/b14-7+/t16-/m0/s1. The van der Waals surface area contributed by atoms with E-state index >= 15 is 0 Å². The maximum absolute atomic E-state index is 11.7. The van der Waals surface area contributed by atoms with Crippen molar-refractivity contribution in [2.45, 2.75) is 25.5 Å². The van der Waals surface area contributed by atoms with E-state index in [-0.39, 0.29) is 4.75 Å². The third kappa shape index (κ3) is 4.25. The first kappa shape index (κ1) is 14.3. The van der Waals surface area contributed by atoms with E-state index in [4.69, 9.17) is 0 Å². The van der Waals surface area contributed by atoms with E-state index in [1.54, 1.807) is 6.21 Å². The summed E-state index contributed by atoms with van der Waals surface area (Å²) in [7, 11) is -1.20. The predicted octanol–water partition coefficient (Wildman–Crippen LogP) is 3.93. The summed E-state index contributed by atoms with van der Waals surface area (Å²) >= 11 is 5.64. The first-order chi connectivity index (χ1) is 7.30. The van der Waals surface area contributed by atoms with E-state index in [1.807, 2.05) is 39.0 Å². The van der Waals surface area contributed by atoms with Crippen LogP contribution in [0.25, 0.3) is 0 Å². The fraction of sp³-hybridized carbons (Fsp3) is 0.364. The van der Waals surface area contributed by atoms with Crippen LogP contribution in [0.3, 0.4) is 0 Å². The summed E-state index contributed by atoms with van der Waals surface area (Å²) < 4.78 is 17.6. The molecule has 0 aliphatic rings. The molecule has 0 fully saturated rings. The molecule has 0 saturated carbocycles. The van der Waals surface area contributed by atoms with Crippen molar-refractivity contribution in [1.82, 2.24) is 0 Å². The van der Waals surface area contributed by atoms with Gasteiger partial charge in [0.25, 0.3) is 0 Å². The Morgan fingerprint density at radius 1 is 1.44 bits per heavy atom. The smallest absolute Gasteiger partial charge is 0.144 e. The van der Waals surface area contributed by atoms with Crippen LogP contribution in [0.1, 0.15) is 26.3 Å². The van der Waals surface area contributed by atoms with Crippen molar-refractivity contribution in [3.05, 3.63) is 31.8 Å². The topological polar surface area (TPSA) is 29.4 Å². The Labute approximate surface area is 121 Å². The highest BCUT2D eigenvalue weighted by molar-refractivity contribution is 14.1. The predicted molar refractivity (Wildman–Crippen MR) is 82.3 cm³/mol. The lowest BCUT2D eigenvalue weighted by Gasteiger charge is -2.12. The third-order valence-electron chi connectivity index (χ3n) is 1.77. The van der Waals surface area contributed by atoms with Gasteiger partial charge in [0, 0.05) is 19.8 Å². The monoisotopic (exact) mass is 413 g/mol. The van der Waals surface area contributed by atoms with Gasteiger partial charge in [-0.3, -0.25) is 0 Å². The van der Waals surface area contributed by atoms with Crippen molar-refractivity contribution in [3.8, 4) is 0 Å². The van der Waals surface area contributed by atoms with E-state index in [0.717, 1.165) is 13.6 Å². The average Bonchev–Trinajstić information content (AvgIpc) is 2.17. The summed E-state index contributed by atoms with van der Waals surface area (Å²) in [5, 5.41) is 0. The fourth-order valence-corrected chi connectivity index (χ4v) is 2.26. The summed E-state index contributed by atoms with van der Waals surface area (Å²) in [6, 6.07) is 5.93. The van der Waals surface area contributed by atoms with E-state index in [1.165, 1.54) is 0 Å². The van der Waals surface area contributed by atoms with Gasteiger partial charge in [-0.25, -0.2) is 4.21 Å². The quantitative estimate of drug-likeness (QED) is 0.533. The largest absolute Gasteiger partial charge is 0.234 e. The zero-order valence-corrected chi connectivity index (χ0v) is 13.9. The molecule has 0 saturated heterocycles. The van der Waals surface area contributed by atoms with Gasteiger partial charge in [-0.05, 0) is 61.6 Å². The van der Waals surface area contributed by atoms with Crippen LogP contribution in [-0.4, -0.2) is 15.2 Å². The van der Waals surface area contributed by atoms with Gasteiger partial charge in [0.05, 0.1) is 4.75 Å². The van der Waals surface area contributed by atoms with Crippen molar-refractivity contribution < 1.29 is 4.21 Å². The number of hydrogen-bond acceptors (Lipinski definition) is 1.